The lowest BCUT2D eigenvalue weighted by Crippen LogP contribution is -2.16. The molecule has 0 N–H and O–H groups in total. The number of rotatable bonds is 3. The summed E-state index contributed by atoms with van der Waals surface area (Å²) in [5.41, 5.74) is 2.26. The molecule has 1 aliphatic rings. The average molecular weight is 335 g/mol. The number of hydrogen-bond donors (Lipinski definition) is 0. The highest BCUT2D eigenvalue weighted by atomic mass is 32.2. The lowest BCUT2D eigenvalue weighted by molar-refractivity contribution is 0.209. The molecular weight excluding hydrogens is 314 g/mol. The minimum Gasteiger partial charge on any atom is -0.482 e. The van der Waals surface area contributed by atoms with Gasteiger partial charge in [-0.25, -0.2) is 8.42 Å². The van der Waals surface area contributed by atoms with Crippen LogP contribution < -0.4 is 4.74 Å². The Bertz CT molecular complexity index is 827. The standard InChI is InChI=1S/C16H21N3O3S/c1-11-5-4-6-14(12(11)2)22-13(3)16-18-17-15-7-9-23(20,21)10-8-19(15)16/h4-6,13H,7-10H2,1-3H3. The Hall–Kier alpha value is -1.89. The fourth-order valence-corrected chi connectivity index (χ4v) is 3.91. The summed E-state index contributed by atoms with van der Waals surface area (Å²) in [6.07, 6.45) is 0.114. The summed E-state index contributed by atoms with van der Waals surface area (Å²) in [6.45, 7) is 6.37. The van der Waals surface area contributed by atoms with Crippen molar-refractivity contribution >= 4 is 9.84 Å². The molecule has 6 nitrogen and oxygen atoms in total. The molecule has 1 atom stereocenters. The van der Waals surface area contributed by atoms with Crippen LogP contribution in [0.15, 0.2) is 18.2 Å². The Morgan fingerprint density at radius 3 is 2.78 bits per heavy atom. The van der Waals surface area contributed by atoms with Crippen molar-refractivity contribution in [2.45, 2.75) is 39.8 Å². The number of aromatic nitrogens is 3. The lowest BCUT2D eigenvalue weighted by atomic mass is 10.1. The Balaban J connectivity index is 1.86. The molecule has 124 valence electrons. The van der Waals surface area contributed by atoms with E-state index in [1.165, 1.54) is 5.56 Å². The van der Waals surface area contributed by atoms with Crippen LogP contribution in [0, 0.1) is 13.8 Å². The predicted octanol–water partition coefficient (Wildman–Crippen LogP) is 2.01. The molecule has 0 saturated heterocycles. The van der Waals surface area contributed by atoms with Crippen LogP contribution in [0.4, 0.5) is 0 Å². The predicted molar refractivity (Wildman–Crippen MR) is 87.3 cm³/mol. The van der Waals surface area contributed by atoms with Gasteiger partial charge in [-0.1, -0.05) is 12.1 Å². The van der Waals surface area contributed by atoms with E-state index >= 15 is 0 Å². The van der Waals surface area contributed by atoms with E-state index in [9.17, 15) is 8.42 Å². The number of nitrogens with zero attached hydrogens (tertiary/aromatic N) is 3. The van der Waals surface area contributed by atoms with Crippen molar-refractivity contribution in [2.24, 2.45) is 0 Å². The zero-order valence-corrected chi connectivity index (χ0v) is 14.4. The maximum Gasteiger partial charge on any atom is 0.173 e. The molecule has 0 spiro atoms. The number of sulfone groups is 1. The molecule has 23 heavy (non-hydrogen) atoms. The molecular formula is C16H21N3O3S. The molecule has 1 aromatic carbocycles. The molecule has 2 aromatic rings. The maximum atomic E-state index is 11.8. The van der Waals surface area contributed by atoms with E-state index in [0.29, 0.717) is 18.8 Å². The zero-order chi connectivity index (χ0) is 16.6. The SMILES string of the molecule is Cc1cccc(OC(C)c2nnc3n2CCS(=O)(=O)CC3)c1C. The van der Waals surface area contributed by atoms with Crippen LogP contribution in [-0.2, 0) is 22.8 Å². The van der Waals surface area contributed by atoms with E-state index in [2.05, 4.69) is 10.2 Å². The van der Waals surface area contributed by atoms with Crippen LogP contribution in [0.3, 0.4) is 0 Å². The molecule has 0 fully saturated rings. The largest absolute Gasteiger partial charge is 0.482 e. The summed E-state index contributed by atoms with van der Waals surface area (Å²) in [5.74, 6) is 2.48. The van der Waals surface area contributed by atoms with E-state index in [0.717, 1.165) is 17.1 Å². The second-order valence-corrected chi connectivity index (χ2v) is 8.29. The van der Waals surface area contributed by atoms with Gasteiger partial charge in [0.05, 0.1) is 11.5 Å². The first-order chi connectivity index (χ1) is 10.9. The number of ether oxygens (including phenoxy) is 1. The first kappa shape index (κ1) is 16.0. The van der Waals surface area contributed by atoms with Gasteiger partial charge in [-0.15, -0.1) is 10.2 Å². The highest BCUT2D eigenvalue weighted by Crippen LogP contribution is 2.27. The second-order valence-electron chi connectivity index (χ2n) is 5.99. The Kier molecular flexibility index (Phi) is 4.14. The molecule has 0 bridgehead atoms. The van der Waals surface area contributed by atoms with E-state index in [1.807, 2.05) is 43.5 Å². The van der Waals surface area contributed by atoms with Gasteiger partial charge in [-0.3, -0.25) is 0 Å². The monoisotopic (exact) mass is 335 g/mol. The van der Waals surface area contributed by atoms with Crippen LogP contribution in [-0.4, -0.2) is 34.7 Å². The third-order valence-corrected chi connectivity index (χ3v) is 5.97. The van der Waals surface area contributed by atoms with Crippen molar-refractivity contribution in [3.05, 3.63) is 41.0 Å². The van der Waals surface area contributed by atoms with Gasteiger partial charge < -0.3 is 9.30 Å². The van der Waals surface area contributed by atoms with Gasteiger partial charge in [0.25, 0.3) is 0 Å². The summed E-state index contributed by atoms with van der Waals surface area (Å²) in [6, 6.07) is 5.94. The van der Waals surface area contributed by atoms with Gasteiger partial charge in [0.1, 0.15) is 11.6 Å². The second kappa shape index (κ2) is 5.96. The molecule has 1 aliphatic heterocycles. The van der Waals surface area contributed by atoms with Gasteiger partial charge in [0, 0.05) is 13.0 Å². The van der Waals surface area contributed by atoms with Crippen molar-refractivity contribution < 1.29 is 13.2 Å². The summed E-state index contributed by atoms with van der Waals surface area (Å²) < 4.78 is 31.5. The van der Waals surface area contributed by atoms with Gasteiger partial charge >= 0.3 is 0 Å². The fourth-order valence-electron chi connectivity index (χ4n) is 2.75. The minimum absolute atomic E-state index is 0.126. The maximum absolute atomic E-state index is 11.8. The van der Waals surface area contributed by atoms with Crippen molar-refractivity contribution in [2.75, 3.05) is 11.5 Å². The molecule has 7 heteroatoms. The van der Waals surface area contributed by atoms with Crippen LogP contribution in [0.25, 0.3) is 0 Å². The summed E-state index contributed by atoms with van der Waals surface area (Å²) in [7, 11) is -3.00. The summed E-state index contributed by atoms with van der Waals surface area (Å²) in [4.78, 5) is 0. The topological polar surface area (TPSA) is 74.1 Å². The van der Waals surface area contributed by atoms with Gasteiger partial charge in [0.15, 0.2) is 21.8 Å². The van der Waals surface area contributed by atoms with Gasteiger partial charge in [-0.2, -0.15) is 0 Å². The van der Waals surface area contributed by atoms with Gasteiger partial charge in [-0.05, 0) is 38.0 Å². The number of fused-ring (bicyclic) bond motifs is 1. The number of aryl methyl sites for hydroxylation is 2. The van der Waals surface area contributed by atoms with Crippen LogP contribution >= 0.6 is 0 Å². The molecule has 1 aromatic heterocycles. The average Bonchev–Trinajstić information content (AvgIpc) is 2.84. The quantitative estimate of drug-likeness (QED) is 0.858. The molecule has 0 radical (unpaired) electrons. The van der Waals surface area contributed by atoms with E-state index in [1.54, 1.807) is 0 Å². The normalized spacial score (nSPS) is 18.0. The van der Waals surface area contributed by atoms with E-state index in [4.69, 9.17) is 4.74 Å². The van der Waals surface area contributed by atoms with Crippen molar-refractivity contribution in [3.8, 4) is 5.75 Å². The Labute approximate surface area is 136 Å². The Morgan fingerprint density at radius 2 is 2.00 bits per heavy atom. The van der Waals surface area contributed by atoms with Crippen molar-refractivity contribution in [1.82, 2.24) is 14.8 Å². The summed E-state index contributed by atoms with van der Waals surface area (Å²) >= 11 is 0. The van der Waals surface area contributed by atoms with Crippen molar-refractivity contribution in [3.63, 3.8) is 0 Å². The lowest BCUT2D eigenvalue weighted by Gasteiger charge is -2.17. The van der Waals surface area contributed by atoms with Crippen LogP contribution in [0.1, 0.15) is 35.8 Å². The Morgan fingerprint density at radius 1 is 1.22 bits per heavy atom. The number of benzene rings is 1. The van der Waals surface area contributed by atoms with Crippen molar-refractivity contribution in [1.29, 1.82) is 0 Å². The summed E-state index contributed by atoms with van der Waals surface area (Å²) in [5, 5.41) is 8.38. The molecule has 2 heterocycles. The molecule has 0 amide bonds. The first-order valence-electron chi connectivity index (χ1n) is 7.72. The molecule has 1 unspecified atom stereocenters. The zero-order valence-electron chi connectivity index (χ0n) is 13.6. The third-order valence-electron chi connectivity index (χ3n) is 4.34. The molecule has 0 saturated carbocycles. The fraction of sp³-hybridized carbons (Fsp3) is 0.500. The molecule has 3 rings (SSSR count). The van der Waals surface area contributed by atoms with Crippen LogP contribution in [0.5, 0.6) is 5.75 Å². The highest BCUT2D eigenvalue weighted by Gasteiger charge is 2.25. The van der Waals surface area contributed by atoms with E-state index in [-0.39, 0.29) is 17.6 Å². The molecule has 0 aliphatic carbocycles. The smallest absolute Gasteiger partial charge is 0.173 e. The van der Waals surface area contributed by atoms with Crippen LogP contribution in [0.2, 0.25) is 0 Å². The minimum atomic E-state index is -3.00. The number of hydrogen-bond acceptors (Lipinski definition) is 5. The highest BCUT2D eigenvalue weighted by molar-refractivity contribution is 7.91. The third kappa shape index (κ3) is 3.24. The van der Waals surface area contributed by atoms with Gasteiger partial charge in [0.2, 0.25) is 0 Å². The van der Waals surface area contributed by atoms with E-state index < -0.39 is 9.84 Å². The first-order valence-corrected chi connectivity index (χ1v) is 9.55.